The van der Waals surface area contributed by atoms with Crippen LogP contribution in [0.15, 0.2) is 0 Å². The maximum Gasteiger partial charge on any atom is 0.0594 e. The van der Waals surface area contributed by atoms with Crippen molar-refractivity contribution in [2.75, 3.05) is 0 Å². The second-order valence-electron chi connectivity index (χ2n) is 0.585. The fourth-order valence-corrected chi connectivity index (χ4v) is 0. The van der Waals surface area contributed by atoms with Gasteiger partial charge in [0.25, 0.3) is 0 Å². The van der Waals surface area contributed by atoms with E-state index in [2.05, 4.69) is 0 Å². The van der Waals surface area contributed by atoms with Gasteiger partial charge in [-0.2, -0.15) is 0 Å². The Morgan fingerprint density at radius 2 is 2.75 bits per heavy atom. The topological polar surface area (TPSA) is 20.2 Å². The molecule has 0 spiro atoms. The van der Waals surface area contributed by atoms with E-state index in [1.807, 2.05) is 0 Å². The summed E-state index contributed by atoms with van der Waals surface area (Å²) in [6.45, 7) is -1.66. The minimum atomic E-state index is -2.59. The Hall–Kier alpha value is -0.0400. The van der Waals surface area contributed by atoms with Crippen molar-refractivity contribution in [2.24, 2.45) is 0 Å². The van der Waals surface area contributed by atoms with Crippen molar-refractivity contribution in [2.45, 2.75) is 19.9 Å². The average Bonchev–Trinajstić information content (AvgIpc) is 1.25. The van der Waals surface area contributed by atoms with Gasteiger partial charge in [-0.1, -0.05) is 0 Å². The summed E-state index contributed by atoms with van der Waals surface area (Å²) in [7, 11) is 0. The highest BCUT2D eigenvalue weighted by Gasteiger charge is 1.69. The molecule has 0 radical (unpaired) electrons. The van der Waals surface area contributed by atoms with Crippen molar-refractivity contribution < 1.29 is 10.6 Å². The lowest BCUT2D eigenvalue weighted by atomic mass is 10.5. The first-order chi connectivity index (χ1) is 3.25. The third kappa shape index (κ3) is 1130. The zero-order valence-electron chi connectivity index (χ0n) is 6.45. The number of hydrogen-bond donors (Lipinski definition) is 1. The smallest absolute Gasteiger partial charge is 0.0594 e. The molecule has 0 aromatic rings. The first-order valence-corrected chi connectivity index (χ1v) is 0.974. The minimum absolute atomic E-state index is 0.931. The molecule has 0 aromatic heterocycles. The van der Waals surface area contributed by atoms with Crippen molar-refractivity contribution >= 4 is 0 Å². The van der Waals surface area contributed by atoms with Gasteiger partial charge < -0.3 is 5.11 Å². The molecule has 0 heterocycles. The van der Waals surface area contributed by atoms with Crippen LogP contribution in [0.4, 0.5) is 0 Å². The Bertz CT molecular complexity index is 66.3. The van der Waals surface area contributed by atoms with E-state index in [1.165, 1.54) is 0 Å². The monoisotopic (exact) mass is 68.1 g/mol. The molecular weight excluding hydrogens is 52.0 g/mol. The van der Waals surface area contributed by atoms with Gasteiger partial charge in [-0.25, -0.2) is 0 Å². The normalized spacial score (nSPS) is 41.5. The fraction of sp³-hybridized carbons (Fsp3) is 1.00. The molecule has 0 aromatic carbocycles. The lowest BCUT2D eigenvalue weighted by Gasteiger charge is -1.80. The Morgan fingerprint density at radius 1 is 2.50 bits per heavy atom. The second-order valence-corrected chi connectivity index (χ2v) is 0.585. The molecule has 0 aliphatic heterocycles. The van der Waals surface area contributed by atoms with Crippen LogP contribution in [0, 0.1) is 0 Å². The molecule has 0 bridgehead atoms. The van der Waals surface area contributed by atoms with Crippen molar-refractivity contribution in [1.82, 2.24) is 0 Å². The predicted octanol–water partition coefficient (Wildman–Crippen LogP) is 0.387. The van der Waals surface area contributed by atoms with Gasteiger partial charge in [-0.15, -0.1) is 0 Å². The molecule has 0 aliphatic carbocycles. The quantitative estimate of drug-likeness (QED) is 0.435. The number of rotatable bonds is 0. The molecule has 0 aliphatic rings. The molecule has 0 saturated carbocycles. The SMILES string of the molecule is [3H]C([3H])([3H])C([3H])(C)O. The summed E-state index contributed by atoms with van der Waals surface area (Å²) in [5, 5.41) is 8.46. The molecule has 0 rings (SSSR count). The van der Waals surface area contributed by atoms with Crippen molar-refractivity contribution in [3.05, 3.63) is 0 Å². The molecule has 1 nitrogen and oxygen atoms in total. The van der Waals surface area contributed by atoms with Crippen LogP contribution in [0.3, 0.4) is 0 Å². The van der Waals surface area contributed by atoms with E-state index in [1.54, 1.807) is 0 Å². The summed E-state index contributed by atoms with van der Waals surface area (Å²) in [4.78, 5) is 0. The molecular formula is C3H8O. The summed E-state index contributed by atoms with van der Waals surface area (Å²) in [5.41, 5.74) is 0. The summed E-state index contributed by atoms with van der Waals surface area (Å²) < 4.78 is 26.0. The van der Waals surface area contributed by atoms with Crippen LogP contribution in [-0.4, -0.2) is 11.2 Å². The maximum atomic E-state index is 8.46. The summed E-state index contributed by atoms with van der Waals surface area (Å²) in [5.74, 6) is 0. The first kappa shape index (κ1) is 0.716. The molecule has 0 amide bonds. The van der Waals surface area contributed by atoms with Crippen molar-refractivity contribution in [3.63, 3.8) is 0 Å². The third-order valence-corrected chi connectivity index (χ3v) is 0. The van der Waals surface area contributed by atoms with E-state index in [0.717, 1.165) is 6.92 Å². The van der Waals surface area contributed by atoms with Gasteiger partial charge in [0, 0.05) is 10.2 Å². The van der Waals surface area contributed by atoms with Gasteiger partial charge in [-0.05, 0) is 13.8 Å². The average molecular weight is 68.1 g/mol. The number of aliphatic hydroxyl groups is 1. The lowest BCUT2D eigenvalue weighted by Crippen LogP contribution is -1.85. The molecule has 0 fully saturated rings. The standard InChI is InChI=1S/C3H8O/c1-3(2)4/h3-4H,1-2H3/i1T3,3T. The van der Waals surface area contributed by atoms with Crippen LogP contribution in [0.25, 0.3) is 0 Å². The zero-order valence-corrected chi connectivity index (χ0v) is 2.45. The van der Waals surface area contributed by atoms with Crippen LogP contribution in [0.5, 0.6) is 0 Å². The largest absolute Gasteiger partial charge is 0.394 e. The second kappa shape index (κ2) is 1.30. The van der Waals surface area contributed by atoms with Crippen LogP contribution in [0.1, 0.15) is 19.3 Å². The summed E-state index contributed by atoms with van der Waals surface area (Å²) in [6.07, 6.45) is -2.31. The van der Waals surface area contributed by atoms with Crippen LogP contribution < -0.4 is 0 Å². The van der Waals surface area contributed by atoms with Gasteiger partial charge in [0.2, 0.25) is 0 Å². The van der Waals surface area contributed by atoms with Gasteiger partial charge in [0.15, 0.2) is 0 Å². The molecule has 0 saturated heterocycles. The van der Waals surface area contributed by atoms with E-state index in [9.17, 15) is 0 Å². The molecule has 1 atom stereocenters. The molecule has 4 heavy (non-hydrogen) atoms. The van der Waals surface area contributed by atoms with E-state index < -0.39 is 12.9 Å². The Kier molecular flexibility index (Phi) is 0.232. The maximum absolute atomic E-state index is 8.46. The highest BCUT2D eigenvalue weighted by atomic mass is 16.3. The predicted molar refractivity (Wildman–Crippen MR) is 17.4 cm³/mol. The van der Waals surface area contributed by atoms with Crippen molar-refractivity contribution in [3.8, 4) is 0 Å². The molecule has 1 unspecified atom stereocenters. The van der Waals surface area contributed by atoms with Crippen LogP contribution >= 0.6 is 0 Å². The van der Waals surface area contributed by atoms with E-state index in [4.69, 9.17) is 10.6 Å². The molecule has 1 heteroatoms. The summed E-state index contributed by atoms with van der Waals surface area (Å²) >= 11 is 0. The van der Waals surface area contributed by atoms with Gasteiger partial charge in [-0.3, -0.25) is 0 Å². The summed E-state index contributed by atoms with van der Waals surface area (Å²) in [6, 6.07) is 0. The Labute approximate surface area is 31.9 Å². The van der Waals surface area contributed by atoms with Gasteiger partial charge in [0.1, 0.15) is 0 Å². The minimum Gasteiger partial charge on any atom is -0.394 e. The third-order valence-electron chi connectivity index (χ3n) is 0. The first-order valence-electron chi connectivity index (χ1n) is 2.97. The fourth-order valence-electron chi connectivity index (χ4n) is 0. The number of hydrogen-bond acceptors (Lipinski definition) is 1. The zero-order chi connectivity index (χ0) is 7.00. The van der Waals surface area contributed by atoms with E-state index in [0.29, 0.717) is 0 Å². The highest BCUT2D eigenvalue weighted by Crippen LogP contribution is 1.65. The Morgan fingerprint density at radius 3 is 2.75 bits per heavy atom. The lowest BCUT2D eigenvalue weighted by molar-refractivity contribution is 0.216. The highest BCUT2D eigenvalue weighted by molar-refractivity contribution is 4.20. The van der Waals surface area contributed by atoms with Gasteiger partial charge >= 0.3 is 0 Å². The van der Waals surface area contributed by atoms with E-state index >= 15 is 0 Å². The van der Waals surface area contributed by atoms with Gasteiger partial charge in [0.05, 0.1) is 1.37 Å². The van der Waals surface area contributed by atoms with E-state index in [-0.39, 0.29) is 0 Å². The molecule has 26 valence electrons. The van der Waals surface area contributed by atoms with Crippen molar-refractivity contribution in [1.29, 1.82) is 0 Å². The van der Waals surface area contributed by atoms with Crippen LogP contribution in [0.2, 0.25) is 0 Å². The van der Waals surface area contributed by atoms with Crippen LogP contribution in [-0.2, 0) is 0 Å². The molecule has 1 N–H and O–H groups in total. The Balaban J connectivity index is 4.02.